The summed E-state index contributed by atoms with van der Waals surface area (Å²) in [6, 6.07) is 9.44. The van der Waals surface area contributed by atoms with Crippen LogP contribution < -0.4 is 5.32 Å². The number of ether oxygens (including phenoxy) is 1. The van der Waals surface area contributed by atoms with Gasteiger partial charge in [0.2, 0.25) is 0 Å². The van der Waals surface area contributed by atoms with Gasteiger partial charge in [-0.25, -0.2) is 0 Å². The number of hydrogen-bond acceptors (Lipinski definition) is 4. The van der Waals surface area contributed by atoms with Crippen molar-refractivity contribution >= 4 is 21.4 Å². The Hall–Kier alpha value is -0.940. The van der Waals surface area contributed by atoms with Crippen LogP contribution in [0.4, 0.5) is 0 Å². The van der Waals surface area contributed by atoms with Crippen LogP contribution in [0.15, 0.2) is 24.3 Å². The molecule has 1 fully saturated rings. The largest absolute Gasteiger partial charge is 0.375 e. The Morgan fingerprint density at radius 2 is 2.14 bits per heavy atom. The van der Waals surface area contributed by atoms with Gasteiger partial charge in [0, 0.05) is 34.3 Å². The fourth-order valence-corrected chi connectivity index (χ4v) is 3.91. The third-order valence-corrected chi connectivity index (χ3v) is 5.34. The normalized spacial score (nSPS) is 15.2. The van der Waals surface area contributed by atoms with Gasteiger partial charge in [0.1, 0.15) is 0 Å². The predicted molar refractivity (Wildman–Crippen MR) is 89.9 cm³/mol. The Kier molecular flexibility index (Phi) is 4.91. The molecule has 1 N–H and O–H groups in total. The summed E-state index contributed by atoms with van der Waals surface area (Å²) < 4.78 is 7.32. The Bertz CT molecular complexity index is 591. The number of fused-ring (bicyclic) bond motifs is 1. The number of hydrogen-bond donors (Lipinski definition) is 1. The second kappa shape index (κ2) is 6.88. The molecule has 114 valence electrons. The Balaban J connectivity index is 1.62. The second-order valence-corrected chi connectivity index (χ2v) is 6.93. The van der Waals surface area contributed by atoms with Gasteiger partial charge < -0.3 is 15.0 Å². The van der Waals surface area contributed by atoms with E-state index in [9.17, 15) is 0 Å². The van der Waals surface area contributed by atoms with Crippen molar-refractivity contribution in [3.05, 3.63) is 34.7 Å². The van der Waals surface area contributed by atoms with Crippen LogP contribution in [0.25, 0.3) is 10.1 Å². The molecule has 0 radical (unpaired) electrons. The first-order chi connectivity index (χ1) is 10.3. The lowest BCUT2D eigenvalue weighted by molar-refractivity contribution is 0.0983. The topological polar surface area (TPSA) is 24.5 Å². The van der Waals surface area contributed by atoms with Gasteiger partial charge in [0.15, 0.2) is 0 Å². The number of nitrogens with zero attached hydrogens (tertiary/aromatic N) is 1. The molecule has 3 nitrogen and oxygen atoms in total. The van der Waals surface area contributed by atoms with Gasteiger partial charge in [-0.05, 0) is 38.4 Å². The Labute approximate surface area is 130 Å². The van der Waals surface area contributed by atoms with Crippen molar-refractivity contribution in [2.75, 3.05) is 27.2 Å². The third kappa shape index (κ3) is 3.64. The van der Waals surface area contributed by atoms with Crippen LogP contribution in [0.3, 0.4) is 0 Å². The fourth-order valence-electron chi connectivity index (χ4n) is 2.69. The summed E-state index contributed by atoms with van der Waals surface area (Å²) >= 11 is 1.87. The van der Waals surface area contributed by atoms with Gasteiger partial charge in [-0.15, -0.1) is 11.3 Å². The predicted octanol–water partition coefficient (Wildman–Crippen LogP) is 3.23. The van der Waals surface area contributed by atoms with Crippen molar-refractivity contribution in [3.63, 3.8) is 0 Å². The minimum absolute atomic E-state index is 0.722. The highest BCUT2D eigenvalue weighted by atomic mass is 32.1. The van der Waals surface area contributed by atoms with Crippen molar-refractivity contribution in [3.8, 4) is 0 Å². The summed E-state index contributed by atoms with van der Waals surface area (Å²) in [6.45, 7) is 3.49. The number of nitrogens with one attached hydrogen (secondary N) is 1. The number of benzene rings is 1. The van der Waals surface area contributed by atoms with Crippen molar-refractivity contribution in [1.29, 1.82) is 0 Å². The monoisotopic (exact) mass is 304 g/mol. The van der Waals surface area contributed by atoms with Crippen LogP contribution in [-0.4, -0.2) is 38.2 Å². The first-order valence-electron chi connectivity index (χ1n) is 7.71. The van der Waals surface area contributed by atoms with Gasteiger partial charge in [-0.2, -0.15) is 0 Å². The molecular weight excluding hydrogens is 280 g/mol. The van der Waals surface area contributed by atoms with Gasteiger partial charge in [-0.3, -0.25) is 0 Å². The minimum Gasteiger partial charge on any atom is -0.375 e. The molecule has 1 saturated carbocycles. The summed E-state index contributed by atoms with van der Waals surface area (Å²) in [6.07, 6.45) is 2.72. The molecule has 2 aromatic rings. The molecule has 0 bridgehead atoms. The zero-order valence-electron chi connectivity index (χ0n) is 12.9. The lowest BCUT2D eigenvalue weighted by Crippen LogP contribution is -2.25. The summed E-state index contributed by atoms with van der Waals surface area (Å²) in [7, 11) is 4.20. The first-order valence-corrected chi connectivity index (χ1v) is 8.53. The molecule has 1 heterocycles. The fraction of sp³-hybridized carbons (Fsp3) is 0.529. The smallest absolute Gasteiger partial charge is 0.0734 e. The molecule has 3 rings (SSSR count). The summed E-state index contributed by atoms with van der Waals surface area (Å²) in [4.78, 5) is 3.81. The van der Waals surface area contributed by atoms with Crippen molar-refractivity contribution in [1.82, 2.24) is 10.2 Å². The van der Waals surface area contributed by atoms with Crippen molar-refractivity contribution in [2.45, 2.75) is 32.0 Å². The number of likely N-dealkylation sites (N-methyl/N-ethyl adjacent to an activating group) is 1. The highest BCUT2D eigenvalue weighted by molar-refractivity contribution is 7.19. The highest BCUT2D eigenvalue weighted by Gasteiger charge is 2.25. The van der Waals surface area contributed by atoms with Gasteiger partial charge >= 0.3 is 0 Å². The van der Waals surface area contributed by atoms with E-state index in [2.05, 4.69) is 41.5 Å². The van der Waals surface area contributed by atoms with E-state index in [1.807, 2.05) is 18.4 Å². The summed E-state index contributed by atoms with van der Waals surface area (Å²) in [5.41, 5.74) is 1.36. The van der Waals surface area contributed by atoms with E-state index in [-0.39, 0.29) is 0 Å². The number of rotatable bonds is 8. The molecule has 1 aromatic carbocycles. The minimum atomic E-state index is 0.722. The molecule has 0 spiro atoms. The van der Waals surface area contributed by atoms with E-state index in [1.165, 1.54) is 33.4 Å². The van der Waals surface area contributed by atoms with Gasteiger partial charge in [0.25, 0.3) is 0 Å². The van der Waals surface area contributed by atoms with Crippen LogP contribution in [0, 0.1) is 0 Å². The van der Waals surface area contributed by atoms with Gasteiger partial charge in [-0.1, -0.05) is 18.2 Å². The summed E-state index contributed by atoms with van der Waals surface area (Å²) in [5.74, 6) is 0. The van der Waals surface area contributed by atoms with Crippen molar-refractivity contribution < 1.29 is 4.74 Å². The van der Waals surface area contributed by atoms with E-state index in [4.69, 9.17) is 4.74 Å². The van der Waals surface area contributed by atoms with Crippen LogP contribution in [0.1, 0.15) is 23.3 Å². The number of thiophene rings is 1. The molecule has 4 heteroatoms. The molecule has 0 aliphatic heterocycles. The second-order valence-electron chi connectivity index (χ2n) is 5.79. The Morgan fingerprint density at radius 3 is 2.90 bits per heavy atom. The molecule has 1 aliphatic carbocycles. The average molecular weight is 304 g/mol. The van der Waals surface area contributed by atoms with E-state index in [1.54, 1.807) is 0 Å². The SMILES string of the molecule is CNCc1sc2ccccc2c1COCCN(C)C1CC1. The highest BCUT2D eigenvalue weighted by Crippen LogP contribution is 2.32. The van der Waals surface area contributed by atoms with Crippen molar-refractivity contribution in [2.24, 2.45) is 0 Å². The zero-order chi connectivity index (χ0) is 14.7. The third-order valence-electron chi connectivity index (χ3n) is 4.12. The zero-order valence-corrected chi connectivity index (χ0v) is 13.7. The van der Waals surface area contributed by atoms with E-state index >= 15 is 0 Å². The molecule has 0 amide bonds. The van der Waals surface area contributed by atoms with E-state index < -0.39 is 0 Å². The van der Waals surface area contributed by atoms with Crippen LogP contribution in [0.5, 0.6) is 0 Å². The molecule has 1 aromatic heterocycles. The summed E-state index contributed by atoms with van der Waals surface area (Å²) in [5, 5.41) is 4.61. The molecule has 0 unspecified atom stereocenters. The van der Waals surface area contributed by atoms with E-state index in [0.717, 1.165) is 32.3 Å². The maximum Gasteiger partial charge on any atom is 0.0734 e. The molecule has 21 heavy (non-hydrogen) atoms. The molecular formula is C17H24N2OS. The molecule has 0 saturated heterocycles. The first kappa shape index (κ1) is 15.0. The maximum atomic E-state index is 5.96. The van der Waals surface area contributed by atoms with Gasteiger partial charge in [0.05, 0.1) is 13.2 Å². The maximum absolute atomic E-state index is 5.96. The van der Waals surface area contributed by atoms with Crippen LogP contribution in [0.2, 0.25) is 0 Å². The quantitative estimate of drug-likeness (QED) is 0.758. The lowest BCUT2D eigenvalue weighted by atomic mass is 10.1. The molecule has 0 atom stereocenters. The van der Waals surface area contributed by atoms with Crippen LogP contribution in [-0.2, 0) is 17.9 Å². The standard InChI is InChI=1S/C17H24N2OS/c1-18-11-17-15(14-5-3-4-6-16(14)21-17)12-20-10-9-19(2)13-7-8-13/h3-6,13,18H,7-12H2,1-2H3. The molecule has 1 aliphatic rings. The van der Waals surface area contributed by atoms with E-state index in [0.29, 0.717) is 0 Å². The van der Waals surface area contributed by atoms with Crippen LogP contribution >= 0.6 is 11.3 Å². The lowest BCUT2D eigenvalue weighted by Gasteiger charge is -2.15. The average Bonchev–Trinajstić information content (AvgIpc) is 3.28. The Morgan fingerprint density at radius 1 is 1.33 bits per heavy atom.